The Kier molecular flexibility index (Phi) is 6.29. The fraction of sp³-hybridized carbons (Fsp3) is 0.611. The number of nitrogens with zero attached hydrogens (tertiary/aromatic N) is 2. The summed E-state index contributed by atoms with van der Waals surface area (Å²) in [6, 6.07) is 6.29. The molecular formula is C18H29N4O3S+. The Morgan fingerprint density at radius 2 is 1.54 bits per heavy atom. The third-order valence-electron chi connectivity index (χ3n) is 5.20. The maximum atomic E-state index is 12.8. The predicted octanol–water partition coefficient (Wildman–Crippen LogP) is -0.274. The maximum Gasteiger partial charge on any atom is 0.265 e. The molecule has 2 N–H and O–H groups in total. The van der Waals surface area contributed by atoms with Gasteiger partial charge in [-0.3, -0.25) is 10.2 Å². The van der Waals surface area contributed by atoms with Crippen LogP contribution in [0.5, 0.6) is 0 Å². The summed E-state index contributed by atoms with van der Waals surface area (Å²) >= 11 is 0. The van der Waals surface area contributed by atoms with Gasteiger partial charge in [0.2, 0.25) is 10.0 Å². The summed E-state index contributed by atoms with van der Waals surface area (Å²) in [5, 5.41) is 1.93. The average molecular weight is 382 g/mol. The van der Waals surface area contributed by atoms with Crippen molar-refractivity contribution in [3.8, 4) is 0 Å². The van der Waals surface area contributed by atoms with Gasteiger partial charge in [0.15, 0.2) is 0 Å². The Labute approximate surface area is 156 Å². The van der Waals surface area contributed by atoms with Gasteiger partial charge in [-0.2, -0.15) is 4.31 Å². The minimum absolute atomic E-state index is 0.191. The average Bonchev–Trinajstić information content (AvgIpc) is 2.94. The molecule has 0 aliphatic carbocycles. The second-order valence-electron chi connectivity index (χ2n) is 7.23. The molecule has 3 rings (SSSR count). The lowest BCUT2D eigenvalue weighted by Crippen LogP contribution is -3.12. The molecule has 1 aromatic carbocycles. The van der Waals surface area contributed by atoms with E-state index in [1.54, 1.807) is 28.6 Å². The molecule has 0 bridgehead atoms. The van der Waals surface area contributed by atoms with Crippen LogP contribution in [-0.4, -0.2) is 70.0 Å². The van der Waals surface area contributed by atoms with Crippen molar-refractivity contribution in [1.29, 1.82) is 0 Å². The summed E-state index contributed by atoms with van der Waals surface area (Å²) in [7, 11) is -1.33. The van der Waals surface area contributed by atoms with Crippen LogP contribution in [0.25, 0.3) is 0 Å². The molecule has 0 unspecified atom stereocenters. The van der Waals surface area contributed by atoms with E-state index in [1.807, 2.05) is 5.01 Å². The first-order valence-corrected chi connectivity index (χ1v) is 10.9. The first-order valence-electron chi connectivity index (χ1n) is 9.44. The van der Waals surface area contributed by atoms with Crippen LogP contribution < -0.4 is 10.3 Å². The maximum absolute atomic E-state index is 12.8. The quantitative estimate of drug-likeness (QED) is 0.753. The van der Waals surface area contributed by atoms with Gasteiger partial charge in [0.1, 0.15) is 0 Å². The van der Waals surface area contributed by atoms with Crippen LogP contribution in [0.4, 0.5) is 0 Å². The summed E-state index contributed by atoms with van der Waals surface area (Å²) in [5.74, 6) is -0.191. The number of likely N-dealkylation sites (N-methyl/N-ethyl adjacent to an activating group) is 1. The summed E-state index contributed by atoms with van der Waals surface area (Å²) in [6.07, 6.45) is 3.98. The molecule has 2 fully saturated rings. The topological polar surface area (TPSA) is 74.2 Å². The number of hydrogen-bond donors (Lipinski definition) is 2. The van der Waals surface area contributed by atoms with Crippen LogP contribution >= 0.6 is 0 Å². The van der Waals surface area contributed by atoms with Crippen LogP contribution in [0.3, 0.4) is 0 Å². The molecule has 2 heterocycles. The lowest BCUT2D eigenvalue weighted by atomic mass is 10.2. The Bertz CT molecular complexity index is 704. The van der Waals surface area contributed by atoms with E-state index < -0.39 is 10.0 Å². The van der Waals surface area contributed by atoms with E-state index in [1.165, 1.54) is 4.90 Å². The first kappa shape index (κ1) is 19.3. The van der Waals surface area contributed by atoms with Crippen LogP contribution in [0.1, 0.15) is 36.0 Å². The zero-order valence-electron chi connectivity index (χ0n) is 15.4. The number of hydrogen-bond acceptors (Lipinski definition) is 4. The van der Waals surface area contributed by atoms with Crippen molar-refractivity contribution >= 4 is 15.9 Å². The summed E-state index contributed by atoms with van der Waals surface area (Å²) in [6.45, 7) is 4.78. The van der Waals surface area contributed by atoms with Crippen molar-refractivity contribution in [2.24, 2.45) is 0 Å². The molecule has 0 atom stereocenters. The first-order chi connectivity index (χ1) is 12.5. The number of amides is 1. The largest absolute Gasteiger partial charge is 0.335 e. The van der Waals surface area contributed by atoms with E-state index in [2.05, 4.69) is 12.5 Å². The van der Waals surface area contributed by atoms with E-state index in [9.17, 15) is 13.2 Å². The van der Waals surface area contributed by atoms with Crippen molar-refractivity contribution in [2.45, 2.75) is 30.6 Å². The Morgan fingerprint density at radius 3 is 2.12 bits per heavy atom. The molecule has 0 radical (unpaired) electrons. The predicted molar refractivity (Wildman–Crippen MR) is 99.3 cm³/mol. The lowest BCUT2D eigenvalue weighted by molar-refractivity contribution is -0.884. The number of rotatable bonds is 4. The molecule has 144 valence electrons. The zero-order chi connectivity index (χ0) is 18.6. The lowest BCUT2D eigenvalue weighted by Gasteiger charge is -2.30. The number of piperazine rings is 1. The molecule has 7 nitrogen and oxygen atoms in total. The second-order valence-corrected chi connectivity index (χ2v) is 9.17. The third kappa shape index (κ3) is 4.62. The Hall–Kier alpha value is -1.48. The van der Waals surface area contributed by atoms with Crippen LogP contribution in [-0.2, 0) is 10.0 Å². The van der Waals surface area contributed by atoms with Gasteiger partial charge >= 0.3 is 0 Å². The molecular weight excluding hydrogens is 352 g/mol. The Balaban J connectivity index is 1.64. The van der Waals surface area contributed by atoms with Crippen LogP contribution in [0, 0.1) is 0 Å². The van der Waals surface area contributed by atoms with E-state index in [-0.39, 0.29) is 10.8 Å². The number of carbonyl (C=O) groups is 1. The molecule has 1 aromatic rings. The highest BCUT2D eigenvalue weighted by atomic mass is 32.2. The highest BCUT2D eigenvalue weighted by molar-refractivity contribution is 7.89. The van der Waals surface area contributed by atoms with Crippen molar-refractivity contribution in [2.75, 3.05) is 46.3 Å². The number of benzene rings is 1. The molecule has 8 heteroatoms. The number of nitrogens with one attached hydrogen (secondary N) is 2. The second kappa shape index (κ2) is 8.47. The summed E-state index contributed by atoms with van der Waals surface area (Å²) < 4.78 is 27.1. The molecule has 2 saturated heterocycles. The Morgan fingerprint density at radius 1 is 0.962 bits per heavy atom. The van der Waals surface area contributed by atoms with Crippen molar-refractivity contribution in [1.82, 2.24) is 14.7 Å². The third-order valence-corrected chi connectivity index (χ3v) is 7.11. The molecule has 0 saturated carbocycles. The van der Waals surface area contributed by atoms with Gasteiger partial charge in [-0.25, -0.2) is 13.4 Å². The molecule has 26 heavy (non-hydrogen) atoms. The summed E-state index contributed by atoms with van der Waals surface area (Å²) in [5.41, 5.74) is 3.38. The number of quaternary nitrogens is 1. The molecule has 2 aliphatic heterocycles. The van der Waals surface area contributed by atoms with Gasteiger partial charge < -0.3 is 4.90 Å². The van der Waals surface area contributed by atoms with Gasteiger partial charge in [-0.05, 0) is 37.1 Å². The minimum Gasteiger partial charge on any atom is -0.335 e. The monoisotopic (exact) mass is 381 g/mol. The fourth-order valence-electron chi connectivity index (χ4n) is 3.42. The number of carbonyl (C=O) groups excluding carboxylic acids is 1. The van der Waals surface area contributed by atoms with E-state index >= 15 is 0 Å². The zero-order valence-corrected chi connectivity index (χ0v) is 16.2. The van der Waals surface area contributed by atoms with Gasteiger partial charge in [0.25, 0.3) is 5.91 Å². The van der Waals surface area contributed by atoms with Crippen molar-refractivity contribution in [3.05, 3.63) is 29.8 Å². The van der Waals surface area contributed by atoms with Gasteiger partial charge in [-0.1, -0.05) is 12.8 Å². The van der Waals surface area contributed by atoms with Gasteiger partial charge in [0, 0.05) is 18.7 Å². The van der Waals surface area contributed by atoms with E-state index in [0.717, 1.165) is 51.9 Å². The standard InChI is InChI=1S/C18H28N4O3S/c1-20-12-14-21(15-13-20)19-18(23)16-6-8-17(9-7-16)26(24,25)22-10-4-2-3-5-11-22/h6-9H,2-5,10-15H2,1H3,(H,19,23)/p+1. The van der Waals surface area contributed by atoms with Crippen LogP contribution in [0.2, 0.25) is 0 Å². The van der Waals surface area contributed by atoms with Crippen molar-refractivity contribution in [3.63, 3.8) is 0 Å². The number of hydrazine groups is 1. The van der Waals surface area contributed by atoms with Gasteiger partial charge in [0.05, 0.1) is 38.1 Å². The normalized spacial score (nSPS) is 21.3. The highest BCUT2D eigenvalue weighted by Gasteiger charge is 2.25. The summed E-state index contributed by atoms with van der Waals surface area (Å²) in [4.78, 5) is 14.1. The SMILES string of the molecule is C[NH+]1CCN(NC(=O)c2ccc(S(=O)(=O)N3CCCCCC3)cc2)CC1. The molecule has 0 aromatic heterocycles. The van der Waals surface area contributed by atoms with E-state index in [0.29, 0.717) is 18.7 Å². The molecule has 0 spiro atoms. The van der Waals surface area contributed by atoms with Gasteiger partial charge in [-0.15, -0.1) is 0 Å². The van der Waals surface area contributed by atoms with Crippen LogP contribution in [0.15, 0.2) is 29.2 Å². The fourth-order valence-corrected chi connectivity index (χ4v) is 4.93. The smallest absolute Gasteiger partial charge is 0.265 e. The van der Waals surface area contributed by atoms with E-state index in [4.69, 9.17) is 0 Å². The molecule has 2 aliphatic rings. The minimum atomic E-state index is -3.47. The highest BCUT2D eigenvalue weighted by Crippen LogP contribution is 2.20. The van der Waals surface area contributed by atoms with Crippen molar-refractivity contribution < 1.29 is 18.1 Å². The number of sulfonamides is 1. The molecule has 1 amide bonds.